The maximum absolute atomic E-state index is 13.8. The molecule has 2 aromatic carbocycles. The predicted octanol–water partition coefficient (Wildman–Crippen LogP) is 4.68. The number of halogens is 4. The van der Waals surface area contributed by atoms with E-state index in [0.29, 0.717) is 38.1 Å². The highest BCUT2D eigenvalue weighted by atomic mass is 35.5. The fourth-order valence-corrected chi connectivity index (χ4v) is 4.19. The lowest BCUT2D eigenvalue weighted by atomic mass is 10.2. The molecule has 2 heterocycles. The van der Waals surface area contributed by atoms with E-state index in [1.54, 1.807) is 28.8 Å². The van der Waals surface area contributed by atoms with Crippen LogP contribution in [0.25, 0.3) is 17.1 Å². The zero-order valence-electron chi connectivity index (χ0n) is 15.4. The van der Waals surface area contributed by atoms with Crippen LogP contribution in [0.4, 0.5) is 16.3 Å². The molecule has 0 aliphatic rings. The van der Waals surface area contributed by atoms with Gasteiger partial charge in [-0.05, 0) is 36.4 Å². The quantitative estimate of drug-likeness (QED) is 0.381. The number of benzene rings is 2. The SMILES string of the molecule is Nc1nc(N)nc(CSc2nnc(-c3ccc(Cl)cc3Cl)n2-c2ccc(F)c(Cl)c2)n1. The average Bonchev–Trinajstić information content (AvgIpc) is 3.11. The van der Waals surface area contributed by atoms with E-state index >= 15 is 0 Å². The lowest BCUT2D eigenvalue weighted by Gasteiger charge is -2.12. The lowest BCUT2D eigenvalue weighted by molar-refractivity contribution is 0.627. The van der Waals surface area contributed by atoms with Gasteiger partial charge in [-0.15, -0.1) is 10.2 Å². The Morgan fingerprint density at radius 3 is 2.32 bits per heavy atom. The van der Waals surface area contributed by atoms with E-state index < -0.39 is 5.82 Å². The van der Waals surface area contributed by atoms with E-state index in [9.17, 15) is 4.39 Å². The predicted molar refractivity (Wildman–Crippen MR) is 120 cm³/mol. The van der Waals surface area contributed by atoms with Crippen LogP contribution in [0.15, 0.2) is 41.6 Å². The number of aromatic nitrogens is 6. The Hall–Kier alpha value is -2.66. The fraction of sp³-hybridized carbons (Fsp3) is 0.0556. The van der Waals surface area contributed by atoms with Gasteiger partial charge in [-0.1, -0.05) is 46.6 Å². The Morgan fingerprint density at radius 1 is 0.903 bits per heavy atom. The summed E-state index contributed by atoms with van der Waals surface area (Å²) >= 11 is 19.7. The Bertz CT molecular complexity index is 1260. The van der Waals surface area contributed by atoms with Crippen LogP contribution in [0.1, 0.15) is 5.82 Å². The molecule has 2 aromatic heterocycles. The van der Waals surface area contributed by atoms with Gasteiger partial charge in [0.1, 0.15) is 11.6 Å². The monoisotopic (exact) mass is 496 g/mol. The summed E-state index contributed by atoms with van der Waals surface area (Å²) in [5.74, 6) is 0.550. The van der Waals surface area contributed by atoms with Crippen molar-refractivity contribution < 1.29 is 4.39 Å². The van der Waals surface area contributed by atoms with Gasteiger partial charge in [0.2, 0.25) is 11.9 Å². The second-order valence-electron chi connectivity index (χ2n) is 6.12. The first-order valence-electron chi connectivity index (χ1n) is 8.57. The summed E-state index contributed by atoms with van der Waals surface area (Å²) < 4.78 is 15.5. The van der Waals surface area contributed by atoms with Crippen LogP contribution in [-0.2, 0) is 5.75 Å². The fourth-order valence-electron chi connectivity index (χ4n) is 2.72. The highest BCUT2D eigenvalue weighted by molar-refractivity contribution is 7.98. The van der Waals surface area contributed by atoms with E-state index in [4.69, 9.17) is 46.3 Å². The molecule has 0 unspecified atom stereocenters. The minimum Gasteiger partial charge on any atom is -0.368 e. The largest absolute Gasteiger partial charge is 0.368 e. The zero-order valence-corrected chi connectivity index (χ0v) is 18.5. The van der Waals surface area contributed by atoms with Gasteiger partial charge >= 0.3 is 0 Å². The summed E-state index contributed by atoms with van der Waals surface area (Å²) in [5, 5.41) is 9.80. The van der Waals surface area contributed by atoms with E-state index in [1.807, 2.05) is 0 Å². The number of hydrogen-bond donors (Lipinski definition) is 2. The Labute approximate surface area is 194 Å². The Kier molecular flexibility index (Phi) is 6.15. The second kappa shape index (κ2) is 8.83. The highest BCUT2D eigenvalue weighted by Gasteiger charge is 2.20. The van der Waals surface area contributed by atoms with Crippen LogP contribution in [0.2, 0.25) is 15.1 Å². The smallest absolute Gasteiger partial charge is 0.225 e. The molecular weight excluding hydrogens is 486 g/mol. The van der Waals surface area contributed by atoms with E-state index in [-0.39, 0.29) is 22.7 Å². The molecule has 158 valence electrons. The van der Waals surface area contributed by atoms with Crippen molar-refractivity contribution in [1.29, 1.82) is 0 Å². The van der Waals surface area contributed by atoms with Gasteiger partial charge < -0.3 is 11.5 Å². The van der Waals surface area contributed by atoms with Gasteiger partial charge in [-0.25, -0.2) is 4.39 Å². The van der Waals surface area contributed by atoms with Crippen molar-refractivity contribution in [2.24, 2.45) is 0 Å². The normalized spacial score (nSPS) is 11.1. The highest BCUT2D eigenvalue weighted by Crippen LogP contribution is 2.35. The van der Waals surface area contributed by atoms with Crippen molar-refractivity contribution in [1.82, 2.24) is 29.7 Å². The molecule has 0 saturated heterocycles. The van der Waals surface area contributed by atoms with Gasteiger partial charge in [0, 0.05) is 10.6 Å². The number of nitrogen functional groups attached to an aromatic ring is 2. The van der Waals surface area contributed by atoms with Crippen LogP contribution in [0.5, 0.6) is 0 Å². The van der Waals surface area contributed by atoms with Gasteiger partial charge in [0.05, 0.1) is 21.5 Å². The Morgan fingerprint density at radius 2 is 1.65 bits per heavy atom. The van der Waals surface area contributed by atoms with Crippen LogP contribution in [0, 0.1) is 5.82 Å². The molecule has 0 amide bonds. The van der Waals surface area contributed by atoms with Crippen LogP contribution in [0.3, 0.4) is 0 Å². The molecule has 0 spiro atoms. The molecule has 4 N–H and O–H groups in total. The second-order valence-corrected chi connectivity index (χ2v) is 8.31. The molecule has 8 nitrogen and oxygen atoms in total. The number of thioether (sulfide) groups is 1. The van der Waals surface area contributed by atoms with Crippen molar-refractivity contribution in [2.45, 2.75) is 10.9 Å². The summed E-state index contributed by atoms with van der Waals surface area (Å²) in [5.41, 5.74) is 12.4. The van der Waals surface area contributed by atoms with Crippen molar-refractivity contribution in [3.63, 3.8) is 0 Å². The molecular formula is C18H12Cl3FN8S. The molecule has 0 aliphatic carbocycles. The standard InChI is InChI=1S/C18H12Cl3FN8S/c19-8-1-3-10(11(20)5-8)15-28-29-18(30(15)9-2-4-13(22)12(21)6-9)31-7-14-25-16(23)27-17(24)26-14/h1-6H,7H2,(H4,23,24,25,26,27). The molecule has 4 rings (SSSR count). The third-order valence-electron chi connectivity index (χ3n) is 4.01. The maximum atomic E-state index is 13.8. The molecule has 0 radical (unpaired) electrons. The molecule has 0 fully saturated rings. The van der Waals surface area contributed by atoms with Gasteiger partial charge in [0.25, 0.3) is 0 Å². The summed E-state index contributed by atoms with van der Waals surface area (Å²) in [6.45, 7) is 0. The minimum atomic E-state index is -0.546. The number of nitrogens with two attached hydrogens (primary N) is 2. The third-order valence-corrected chi connectivity index (χ3v) is 5.78. The van der Waals surface area contributed by atoms with Gasteiger partial charge in [-0.2, -0.15) is 15.0 Å². The van der Waals surface area contributed by atoms with Crippen LogP contribution >= 0.6 is 46.6 Å². The van der Waals surface area contributed by atoms with Crippen molar-refractivity contribution in [3.05, 3.63) is 63.1 Å². The molecule has 31 heavy (non-hydrogen) atoms. The van der Waals surface area contributed by atoms with E-state index in [2.05, 4.69) is 25.1 Å². The van der Waals surface area contributed by atoms with Crippen LogP contribution < -0.4 is 11.5 Å². The Balaban J connectivity index is 1.79. The summed E-state index contributed by atoms with van der Waals surface area (Å²) in [4.78, 5) is 11.9. The molecule has 0 atom stereocenters. The summed E-state index contributed by atoms with van der Waals surface area (Å²) in [7, 11) is 0. The maximum Gasteiger partial charge on any atom is 0.225 e. The number of anilines is 2. The van der Waals surface area contributed by atoms with Crippen LogP contribution in [-0.4, -0.2) is 29.7 Å². The van der Waals surface area contributed by atoms with E-state index in [0.717, 1.165) is 0 Å². The van der Waals surface area contributed by atoms with Gasteiger partial charge in [-0.3, -0.25) is 4.57 Å². The van der Waals surface area contributed by atoms with Crippen molar-refractivity contribution >= 4 is 58.5 Å². The summed E-state index contributed by atoms with van der Waals surface area (Å²) in [6.07, 6.45) is 0. The molecule has 0 aliphatic heterocycles. The van der Waals surface area contributed by atoms with E-state index in [1.165, 1.54) is 23.9 Å². The average molecular weight is 498 g/mol. The minimum absolute atomic E-state index is 0.0171. The molecule has 0 bridgehead atoms. The summed E-state index contributed by atoms with van der Waals surface area (Å²) in [6, 6.07) is 9.28. The number of rotatable bonds is 5. The first-order valence-corrected chi connectivity index (χ1v) is 10.7. The molecule has 4 aromatic rings. The first-order chi connectivity index (χ1) is 14.8. The molecule has 0 saturated carbocycles. The number of nitrogens with zero attached hydrogens (tertiary/aromatic N) is 6. The number of hydrogen-bond acceptors (Lipinski definition) is 8. The third kappa shape index (κ3) is 4.67. The van der Waals surface area contributed by atoms with Crippen molar-refractivity contribution in [2.75, 3.05) is 11.5 Å². The first kappa shape index (κ1) is 21.6. The van der Waals surface area contributed by atoms with Crippen molar-refractivity contribution in [3.8, 4) is 17.1 Å². The lowest BCUT2D eigenvalue weighted by Crippen LogP contribution is -2.06. The molecule has 13 heteroatoms. The zero-order chi connectivity index (χ0) is 22.1. The van der Waals surface area contributed by atoms with Gasteiger partial charge in [0.15, 0.2) is 11.0 Å². The topological polar surface area (TPSA) is 121 Å².